The Morgan fingerprint density at radius 1 is 1.04 bits per heavy atom. The summed E-state index contributed by atoms with van der Waals surface area (Å²) in [6, 6.07) is 16.0. The van der Waals surface area contributed by atoms with Gasteiger partial charge in [0.25, 0.3) is 0 Å². The maximum absolute atomic E-state index is 9.50. The Labute approximate surface area is 157 Å². The summed E-state index contributed by atoms with van der Waals surface area (Å²) in [7, 11) is 0. The van der Waals surface area contributed by atoms with Crippen LogP contribution in [0.15, 0.2) is 53.1 Å². The number of aromatic nitrogens is 3. The Hall–Kier alpha value is -3.39. The van der Waals surface area contributed by atoms with E-state index in [-0.39, 0.29) is 0 Å². The van der Waals surface area contributed by atoms with E-state index in [1.807, 2.05) is 48.7 Å². The fourth-order valence-electron chi connectivity index (χ4n) is 3.12. The summed E-state index contributed by atoms with van der Waals surface area (Å²) in [4.78, 5) is 3.17. The van der Waals surface area contributed by atoms with E-state index in [4.69, 9.17) is 4.42 Å². The summed E-state index contributed by atoms with van der Waals surface area (Å²) < 4.78 is 5.88. The topological polar surface area (TPSA) is 78.5 Å². The smallest absolute Gasteiger partial charge is 0.248 e. The van der Waals surface area contributed by atoms with Crippen LogP contribution in [0.4, 0.5) is 0 Å². The Morgan fingerprint density at radius 2 is 1.78 bits per heavy atom. The molecule has 0 bridgehead atoms. The van der Waals surface area contributed by atoms with Gasteiger partial charge in [0.05, 0.1) is 11.6 Å². The molecule has 0 amide bonds. The maximum atomic E-state index is 9.50. The molecule has 0 radical (unpaired) electrons. The minimum Gasteiger partial charge on any atom is -0.416 e. The number of benzene rings is 2. The molecule has 0 aliphatic carbocycles. The van der Waals surface area contributed by atoms with Crippen LogP contribution in [0, 0.1) is 17.2 Å². The molecular weight excluding hydrogens is 336 g/mol. The van der Waals surface area contributed by atoms with Crippen molar-refractivity contribution >= 4 is 10.9 Å². The molecule has 4 rings (SSSR count). The summed E-state index contributed by atoms with van der Waals surface area (Å²) in [5.41, 5.74) is 4.43. The van der Waals surface area contributed by atoms with E-state index in [9.17, 15) is 5.26 Å². The van der Waals surface area contributed by atoms with Gasteiger partial charge in [0, 0.05) is 28.2 Å². The SMILES string of the molecule is CC(C)CCc1ccc(-c2nnc(-c3ccc4[nH]ccc4c3)o2)cc1C#N. The monoisotopic (exact) mass is 356 g/mol. The van der Waals surface area contributed by atoms with Crippen molar-refractivity contribution < 1.29 is 4.42 Å². The first-order chi connectivity index (χ1) is 13.1. The Bertz CT molecular complexity index is 1130. The lowest BCUT2D eigenvalue weighted by molar-refractivity contribution is 0.583. The Kier molecular flexibility index (Phi) is 4.47. The molecule has 134 valence electrons. The molecule has 0 unspecified atom stereocenters. The minimum absolute atomic E-state index is 0.422. The normalized spacial score (nSPS) is 11.2. The molecule has 0 aliphatic heterocycles. The van der Waals surface area contributed by atoms with Crippen molar-refractivity contribution in [3.05, 3.63) is 59.8 Å². The van der Waals surface area contributed by atoms with E-state index in [2.05, 4.69) is 35.1 Å². The van der Waals surface area contributed by atoms with Crippen LogP contribution in [0.1, 0.15) is 31.4 Å². The van der Waals surface area contributed by atoms with Crippen LogP contribution >= 0.6 is 0 Å². The number of H-pyrrole nitrogens is 1. The molecule has 27 heavy (non-hydrogen) atoms. The van der Waals surface area contributed by atoms with E-state index in [0.717, 1.165) is 40.4 Å². The van der Waals surface area contributed by atoms with Gasteiger partial charge in [0.15, 0.2) is 0 Å². The van der Waals surface area contributed by atoms with E-state index in [1.54, 1.807) is 0 Å². The van der Waals surface area contributed by atoms with Crippen LogP contribution in [0.25, 0.3) is 33.8 Å². The standard InChI is InChI=1S/C22H20N4O/c1-14(2)3-4-15-5-6-17(12-19(15)13-23)21-25-26-22(27-21)18-7-8-20-16(11-18)9-10-24-20/h5-12,14,24H,3-4H2,1-2H3. The third-order valence-electron chi connectivity index (χ3n) is 4.69. The van der Waals surface area contributed by atoms with Crippen molar-refractivity contribution in [2.75, 3.05) is 0 Å². The van der Waals surface area contributed by atoms with Gasteiger partial charge in [0.1, 0.15) is 0 Å². The number of rotatable bonds is 5. The molecule has 0 saturated heterocycles. The number of aromatic amines is 1. The summed E-state index contributed by atoms with van der Waals surface area (Å²) in [6.07, 6.45) is 3.85. The van der Waals surface area contributed by atoms with Crippen LogP contribution < -0.4 is 0 Å². The van der Waals surface area contributed by atoms with Gasteiger partial charge < -0.3 is 9.40 Å². The van der Waals surface area contributed by atoms with Crippen LogP contribution in [-0.4, -0.2) is 15.2 Å². The first-order valence-corrected chi connectivity index (χ1v) is 9.08. The van der Waals surface area contributed by atoms with Crippen LogP contribution in [-0.2, 0) is 6.42 Å². The quantitative estimate of drug-likeness (QED) is 0.523. The van der Waals surface area contributed by atoms with Gasteiger partial charge in [-0.15, -0.1) is 10.2 Å². The second kappa shape index (κ2) is 7.08. The molecule has 0 fully saturated rings. The van der Waals surface area contributed by atoms with Crippen LogP contribution in [0.5, 0.6) is 0 Å². The molecule has 5 nitrogen and oxygen atoms in total. The highest BCUT2D eigenvalue weighted by atomic mass is 16.4. The van der Waals surface area contributed by atoms with E-state index in [1.165, 1.54) is 0 Å². The lowest BCUT2D eigenvalue weighted by Crippen LogP contribution is -1.95. The van der Waals surface area contributed by atoms with Crippen molar-refractivity contribution in [3.8, 4) is 29.0 Å². The number of nitrogens with one attached hydrogen (secondary N) is 1. The molecule has 0 atom stereocenters. The number of nitrogens with zero attached hydrogens (tertiary/aromatic N) is 3. The van der Waals surface area contributed by atoms with Gasteiger partial charge in [-0.1, -0.05) is 19.9 Å². The first kappa shape index (κ1) is 17.0. The summed E-state index contributed by atoms with van der Waals surface area (Å²) in [5, 5.41) is 18.9. The van der Waals surface area contributed by atoms with Crippen LogP contribution in [0.2, 0.25) is 0 Å². The van der Waals surface area contributed by atoms with Crippen molar-refractivity contribution in [2.24, 2.45) is 5.92 Å². The lowest BCUT2D eigenvalue weighted by Gasteiger charge is -2.07. The van der Waals surface area contributed by atoms with Crippen molar-refractivity contribution in [2.45, 2.75) is 26.7 Å². The van der Waals surface area contributed by atoms with E-state index >= 15 is 0 Å². The van der Waals surface area contributed by atoms with Gasteiger partial charge >= 0.3 is 0 Å². The average Bonchev–Trinajstić information content (AvgIpc) is 3.34. The predicted molar refractivity (Wildman–Crippen MR) is 105 cm³/mol. The largest absolute Gasteiger partial charge is 0.416 e. The maximum Gasteiger partial charge on any atom is 0.248 e. The van der Waals surface area contributed by atoms with Crippen LogP contribution in [0.3, 0.4) is 0 Å². The van der Waals surface area contributed by atoms with Crippen molar-refractivity contribution in [3.63, 3.8) is 0 Å². The second-order valence-corrected chi connectivity index (χ2v) is 7.11. The molecule has 2 heterocycles. The number of fused-ring (bicyclic) bond motifs is 1. The highest BCUT2D eigenvalue weighted by Gasteiger charge is 2.13. The molecule has 0 saturated carbocycles. The first-order valence-electron chi connectivity index (χ1n) is 9.08. The molecule has 5 heteroatoms. The minimum atomic E-state index is 0.422. The van der Waals surface area contributed by atoms with E-state index < -0.39 is 0 Å². The van der Waals surface area contributed by atoms with Crippen molar-refractivity contribution in [1.82, 2.24) is 15.2 Å². The molecular formula is C22H20N4O. The molecule has 0 spiro atoms. The average molecular weight is 356 g/mol. The van der Waals surface area contributed by atoms with Gasteiger partial charge in [-0.2, -0.15) is 5.26 Å². The number of nitriles is 1. The molecule has 0 aliphatic rings. The zero-order chi connectivity index (χ0) is 18.8. The Morgan fingerprint density at radius 3 is 2.52 bits per heavy atom. The predicted octanol–water partition coefficient (Wildman–Crippen LogP) is 5.35. The zero-order valence-electron chi connectivity index (χ0n) is 15.4. The van der Waals surface area contributed by atoms with Gasteiger partial charge in [-0.3, -0.25) is 0 Å². The third kappa shape index (κ3) is 3.47. The van der Waals surface area contributed by atoms with E-state index in [0.29, 0.717) is 23.3 Å². The number of hydrogen-bond donors (Lipinski definition) is 1. The fourth-order valence-corrected chi connectivity index (χ4v) is 3.12. The van der Waals surface area contributed by atoms with Gasteiger partial charge in [-0.25, -0.2) is 0 Å². The summed E-state index contributed by atoms with van der Waals surface area (Å²) in [6.45, 7) is 4.37. The highest BCUT2D eigenvalue weighted by Crippen LogP contribution is 2.28. The zero-order valence-corrected chi connectivity index (χ0v) is 15.4. The van der Waals surface area contributed by atoms with Crippen molar-refractivity contribution in [1.29, 1.82) is 5.26 Å². The fraction of sp³-hybridized carbons (Fsp3) is 0.227. The molecule has 2 aromatic carbocycles. The molecule has 4 aromatic rings. The Balaban J connectivity index is 1.63. The molecule has 1 N–H and O–H groups in total. The second-order valence-electron chi connectivity index (χ2n) is 7.11. The molecule has 2 aromatic heterocycles. The number of aryl methyl sites for hydroxylation is 1. The van der Waals surface area contributed by atoms with Gasteiger partial charge in [0.2, 0.25) is 11.8 Å². The number of hydrogen-bond acceptors (Lipinski definition) is 4. The van der Waals surface area contributed by atoms with Gasteiger partial charge in [-0.05, 0) is 60.7 Å². The highest BCUT2D eigenvalue weighted by molar-refractivity contribution is 5.83. The summed E-state index contributed by atoms with van der Waals surface area (Å²) in [5.74, 6) is 1.49. The lowest BCUT2D eigenvalue weighted by atomic mass is 9.97. The summed E-state index contributed by atoms with van der Waals surface area (Å²) >= 11 is 0. The third-order valence-corrected chi connectivity index (χ3v) is 4.69.